The van der Waals surface area contributed by atoms with Gasteiger partial charge in [-0.3, -0.25) is 4.79 Å². The maximum absolute atomic E-state index is 11.4. The summed E-state index contributed by atoms with van der Waals surface area (Å²) in [5.41, 5.74) is 10.5. The molecule has 0 unspecified atom stereocenters. The lowest BCUT2D eigenvalue weighted by Gasteiger charge is -2.12. The molecule has 0 saturated carbocycles. The fraction of sp³-hybridized carbons (Fsp3) is 0.133. The van der Waals surface area contributed by atoms with E-state index < -0.39 is 0 Å². The summed E-state index contributed by atoms with van der Waals surface area (Å²) >= 11 is 3.52. The molecule has 1 aliphatic rings. The summed E-state index contributed by atoms with van der Waals surface area (Å²) in [5.74, 6) is 0.0161. The highest BCUT2D eigenvalue weighted by molar-refractivity contribution is 9.10. The lowest BCUT2D eigenvalue weighted by molar-refractivity contribution is -0.115. The minimum atomic E-state index is 0.0161. The third kappa shape index (κ3) is 2.49. The first-order valence-electron chi connectivity index (χ1n) is 6.33. The second-order valence-corrected chi connectivity index (χ2v) is 5.62. The van der Waals surface area contributed by atoms with Gasteiger partial charge < -0.3 is 16.4 Å². The number of carbonyl (C=O) groups is 1. The van der Waals surface area contributed by atoms with Crippen LogP contribution in [0.4, 0.5) is 17.1 Å². The van der Waals surface area contributed by atoms with Crippen molar-refractivity contribution < 1.29 is 4.79 Å². The van der Waals surface area contributed by atoms with Crippen LogP contribution in [0.25, 0.3) is 0 Å². The minimum Gasteiger partial charge on any atom is -0.397 e. The third-order valence-corrected chi connectivity index (χ3v) is 4.10. The Bertz CT molecular complexity index is 685. The van der Waals surface area contributed by atoms with Crippen molar-refractivity contribution in [3.63, 3.8) is 0 Å². The zero-order valence-corrected chi connectivity index (χ0v) is 12.3. The highest BCUT2D eigenvalue weighted by atomic mass is 79.9. The number of rotatable bonds is 3. The first-order valence-corrected chi connectivity index (χ1v) is 7.12. The van der Waals surface area contributed by atoms with E-state index in [9.17, 15) is 4.79 Å². The van der Waals surface area contributed by atoms with Crippen molar-refractivity contribution in [3.05, 3.63) is 52.0 Å². The molecular weight excluding hydrogens is 318 g/mol. The van der Waals surface area contributed by atoms with E-state index in [-0.39, 0.29) is 5.91 Å². The quantitative estimate of drug-likeness (QED) is 0.757. The van der Waals surface area contributed by atoms with Crippen molar-refractivity contribution in [1.29, 1.82) is 0 Å². The SMILES string of the molecule is Nc1cc2c(cc1NCc1ccccc1Br)NC(=O)C2. The molecule has 0 radical (unpaired) electrons. The molecule has 1 amide bonds. The number of benzene rings is 2. The molecule has 1 aliphatic heterocycles. The van der Waals surface area contributed by atoms with E-state index in [1.807, 2.05) is 36.4 Å². The maximum atomic E-state index is 11.4. The Kier molecular flexibility index (Phi) is 3.36. The Labute approximate surface area is 125 Å². The van der Waals surface area contributed by atoms with Gasteiger partial charge in [0.15, 0.2) is 0 Å². The molecule has 0 fully saturated rings. The van der Waals surface area contributed by atoms with Crippen LogP contribution in [0.15, 0.2) is 40.9 Å². The first kappa shape index (κ1) is 13.0. The average molecular weight is 332 g/mol. The predicted molar refractivity (Wildman–Crippen MR) is 84.7 cm³/mol. The highest BCUT2D eigenvalue weighted by Crippen LogP contribution is 2.32. The van der Waals surface area contributed by atoms with Gasteiger partial charge in [-0.15, -0.1) is 0 Å². The molecule has 20 heavy (non-hydrogen) atoms. The van der Waals surface area contributed by atoms with Gasteiger partial charge in [0.05, 0.1) is 17.8 Å². The summed E-state index contributed by atoms with van der Waals surface area (Å²) in [7, 11) is 0. The van der Waals surface area contributed by atoms with Crippen molar-refractivity contribution >= 4 is 38.9 Å². The van der Waals surface area contributed by atoms with Gasteiger partial charge in [-0.05, 0) is 29.3 Å². The van der Waals surface area contributed by atoms with Gasteiger partial charge in [0.25, 0.3) is 0 Å². The molecule has 0 atom stereocenters. The Hall–Kier alpha value is -2.01. The van der Waals surface area contributed by atoms with Crippen LogP contribution in [0, 0.1) is 0 Å². The van der Waals surface area contributed by atoms with Gasteiger partial charge in [-0.2, -0.15) is 0 Å². The number of carbonyl (C=O) groups excluding carboxylic acids is 1. The second kappa shape index (κ2) is 5.17. The number of hydrogen-bond acceptors (Lipinski definition) is 3. The lowest BCUT2D eigenvalue weighted by Crippen LogP contribution is -2.05. The van der Waals surface area contributed by atoms with Gasteiger partial charge in [0.2, 0.25) is 5.91 Å². The largest absolute Gasteiger partial charge is 0.397 e. The molecule has 102 valence electrons. The van der Waals surface area contributed by atoms with Gasteiger partial charge in [0.1, 0.15) is 0 Å². The Morgan fingerprint density at radius 3 is 2.90 bits per heavy atom. The molecule has 2 aromatic carbocycles. The number of halogens is 1. The van der Waals surface area contributed by atoms with E-state index in [2.05, 4.69) is 26.6 Å². The number of fused-ring (bicyclic) bond motifs is 1. The molecule has 0 aliphatic carbocycles. The van der Waals surface area contributed by atoms with Crippen molar-refractivity contribution in [2.75, 3.05) is 16.4 Å². The van der Waals surface area contributed by atoms with Gasteiger partial charge >= 0.3 is 0 Å². The normalized spacial score (nSPS) is 12.9. The van der Waals surface area contributed by atoms with Gasteiger partial charge in [0, 0.05) is 16.7 Å². The summed E-state index contributed by atoms with van der Waals surface area (Å²) in [5, 5.41) is 6.14. The molecular formula is C15H14BrN3O. The van der Waals surface area contributed by atoms with Crippen molar-refractivity contribution in [2.45, 2.75) is 13.0 Å². The van der Waals surface area contributed by atoms with Crippen LogP contribution in [0.5, 0.6) is 0 Å². The van der Waals surface area contributed by atoms with E-state index in [0.29, 0.717) is 18.7 Å². The minimum absolute atomic E-state index is 0.0161. The number of nitrogens with two attached hydrogens (primary N) is 1. The lowest BCUT2D eigenvalue weighted by atomic mass is 10.1. The van der Waals surface area contributed by atoms with E-state index >= 15 is 0 Å². The third-order valence-electron chi connectivity index (χ3n) is 3.33. The molecule has 3 rings (SSSR count). The van der Waals surface area contributed by atoms with Crippen LogP contribution in [0.3, 0.4) is 0 Å². The number of amides is 1. The van der Waals surface area contributed by atoms with Crippen LogP contribution < -0.4 is 16.4 Å². The maximum Gasteiger partial charge on any atom is 0.228 e. The summed E-state index contributed by atoms with van der Waals surface area (Å²) < 4.78 is 1.06. The zero-order chi connectivity index (χ0) is 14.1. The fourth-order valence-electron chi connectivity index (χ4n) is 2.28. The predicted octanol–water partition coefficient (Wildman–Crippen LogP) is 3.14. The fourth-order valence-corrected chi connectivity index (χ4v) is 2.70. The number of nitrogens with one attached hydrogen (secondary N) is 2. The Morgan fingerprint density at radius 1 is 1.30 bits per heavy atom. The average Bonchev–Trinajstić information content (AvgIpc) is 2.76. The summed E-state index contributed by atoms with van der Waals surface area (Å²) in [6.45, 7) is 0.665. The molecule has 5 heteroatoms. The van der Waals surface area contributed by atoms with Crippen LogP contribution in [-0.2, 0) is 17.8 Å². The number of anilines is 3. The van der Waals surface area contributed by atoms with Crippen LogP contribution in [-0.4, -0.2) is 5.91 Å². The Balaban J connectivity index is 1.80. The molecule has 0 spiro atoms. The van der Waals surface area contributed by atoms with Crippen LogP contribution in [0.2, 0.25) is 0 Å². The molecule has 4 N–H and O–H groups in total. The van der Waals surface area contributed by atoms with E-state index in [1.54, 1.807) is 0 Å². The number of nitrogen functional groups attached to an aromatic ring is 1. The topological polar surface area (TPSA) is 67.2 Å². The standard InChI is InChI=1S/C15H14BrN3O/c16-11-4-2-1-3-9(11)8-18-14-7-13-10(5-12(14)17)6-15(20)19-13/h1-5,7,18H,6,8,17H2,(H,19,20). The smallest absolute Gasteiger partial charge is 0.228 e. The first-order chi connectivity index (χ1) is 9.63. The van der Waals surface area contributed by atoms with E-state index in [1.165, 1.54) is 0 Å². The Morgan fingerprint density at radius 2 is 2.10 bits per heavy atom. The summed E-state index contributed by atoms with van der Waals surface area (Å²) in [6.07, 6.45) is 0.407. The van der Waals surface area contributed by atoms with Gasteiger partial charge in [-0.25, -0.2) is 0 Å². The highest BCUT2D eigenvalue weighted by Gasteiger charge is 2.19. The molecule has 2 aromatic rings. The molecule has 0 aromatic heterocycles. The van der Waals surface area contributed by atoms with Crippen molar-refractivity contribution in [2.24, 2.45) is 0 Å². The molecule has 0 bridgehead atoms. The van der Waals surface area contributed by atoms with E-state index in [0.717, 1.165) is 27.0 Å². The molecule has 0 saturated heterocycles. The second-order valence-electron chi connectivity index (χ2n) is 4.77. The zero-order valence-electron chi connectivity index (χ0n) is 10.7. The monoisotopic (exact) mass is 331 g/mol. The van der Waals surface area contributed by atoms with Crippen LogP contribution in [0.1, 0.15) is 11.1 Å². The summed E-state index contributed by atoms with van der Waals surface area (Å²) in [4.78, 5) is 11.4. The summed E-state index contributed by atoms with van der Waals surface area (Å²) in [6, 6.07) is 11.8. The molecule has 1 heterocycles. The van der Waals surface area contributed by atoms with Crippen LogP contribution >= 0.6 is 15.9 Å². The van der Waals surface area contributed by atoms with E-state index in [4.69, 9.17) is 5.73 Å². The van der Waals surface area contributed by atoms with Crippen molar-refractivity contribution in [3.8, 4) is 0 Å². The molecule has 4 nitrogen and oxygen atoms in total. The van der Waals surface area contributed by atoms with Crippen molar-refractivity contribution in [1.82, 2.24) is 0 Å². The number of hydrogen-bond donors (Lipinski definition) is 3. The van der Waals surface area contributed by atoms with Gasteiger partial charge in [-0.1, -0.05) is 34.1 Å².